The quantitative estimate of drug-likeness (QED) is 0.0805. The maximum atomic E-state index is 13.5. The van der Waals surface area contributed by atoms with Crippen LogP contribution in [0.3, 0.4) is 0 Å². The molecule has 2 aliphatic heterocycles. The number of unbranched alkanes of at least 4 members (excludes halogenated alkanes) is 1. The summed E-state index contributed by atoms with van der Waals surface area (Å²) in [7, 11) is 1.59. The van der Waals surface area contributed by atoms with Crippen molar-refractivity contribution in [3.63, 3.8) is 0 Å². The van der Waals surface area contributed by atoms with Crippen LogP contribution >= 0.6 is 0 Å². The molecule has 7 atom stereocenters. The highest BCUT2D eigenvalue weighted by Gasteiger charge is 2.45. The normalized spacial score (nSPS) is 26.4. The van der Waals surface area contributed by atoms with Crippen LogP contribution in [0.5, 0.6) is 17.2 Å². The van der Waals surface area contributed by atoms with Crippen LogP contribution in [0.25, 0.3) is 0 Å². The number of esters is 1. The van der Waals surface area contributed by atoms with Crippen molar-refractivity contribution in [3.05, 3.63) is 66.5 Å². The van der Waals surface area contributed by atoms with Crippen LogP contribution in [-0.4, -0.2) is 81.6 Å². The maximum absolute atomic E-state index is 13.5. The molecule has 0 amide bonds. The molecule has 1 aliphatic carbocycles. The molecule has 2 heterocycles. The molecule has 3 aliphatic rings. The average molecular weight is 687 g/mol. The second kappa shape index (κ2) is 20.0. The van der Waals surface area contributed by atoms with Gasteiger partial charge in [-0.3, -0.25) is 4.79 Å². The molecule has 270 valence electrons. The predicted molar refractivity (Wildman–Crippen MR) is 179 cm³/mol. The van der Waals surface area contributed by atoms with Crippen LogP contribution in [0.4, 0.5) is 4.39 Å². The van der Waals surface area contributed by atoms with Gasteiger partial charge in [-0.15, -0.1) is 0 Å². The molecule has 49 heavy (non-hydrogen) atoms. The zero-order valence-corrected chi connectivity index (χ0v) is 28.4. The van der Waals surface area contributed by atoms with E-state index in [4.69, 9.17) is 37.9 Å². The molecule has 3 fully saturated rings. The Morgan fingerprint density at radius 1 is 0.918 bits per heavy atom. The second-order valence-electron chi connectivity index (χ2n) is 12.8. The molecule has 0 spiro atoms. The zero-order chi connectivity index (χ0) is 34.3. The lowest BCUT2D eigenvalue weighted by atomic mass is 9.98. The molecule has 0 radical (unpaired) electrons. The van der Waals surface area contributed by atoms with E-state index in [1.807, 2.05) is 12.2 Å². The van der Waals surface area contributed by atoms with Crippen LogP contribution in [-0.2, 0) is 28.5 Å². The van der Waals surface area contributed by atoms with E-state index in [1.54, 1.807) is 43.5 Å². The highest BCUT2D eigenvalue weighted by atomic mass is 19.1. The minimum atomic E-state index is -0.626. The fraction of sp³-hybridized carbons (Fsp3) is 0.605. The summed E-state index contributed by atoms with van der Waals surface area (Å²) in [4.78, 5) is 12.3. The molecule has 2 aromatic rings. The van der Waals surface area contributed by atoms with Gasteiger partial charge in [0.15, 0.2) is 12.6 Å². The summed E-state index contributed by atoms with van der Waals surface area (Å²) in [6, 6.07) is 12.8. The number of aliphatic hydroxyl groups excluding tert-OH is 1. The molecule has 1 N–H and O–H groups in total. The lowest BCUT2D eigenvalue weighted by Gasteiger charge is -2.32. The van der Waals surface area contributed by atoms with Gasteiger partial charge in [-0.2, -0.15) is 0 Å². The third-order valence-electron chi connectivity index (χ3n) is 9.04. The van der Waals surface area contributed by atoms with Gasteiger partial charge in [-0.1, -0.05) is 12.2 Å². The van der Waals surface area contributed by atoms with Gasteiger partial charge in [0.2, 0.25) is 0 Å². The number of aliphatic hydroxyl groups is 1. The number of hydrogen-bond acceptors (Lipinski definition) is 10. The third-order valence-corrected chi connectivity index (χ3v) is 9.04. The van der Waals surface area contributed by atoms with Crippen molar-refractivity contribution >= 4 is 5.97 Å². The van der Waals surface area contributed by atoms with Crippen LogP contribution in [0, 0.1) is 11.7 Å². The van der Waals surface area contributed by atoms with Gasteiger partial charge >= 0.3 is 5.97 Å². The van der Waals surface area contributed by atoms with Crippen molar-refractivity contribution in [2.24, 2.45) is 5.92 Å². The SMILES string of the molecule is COc1ccc(OC(=O)CCCC=CC[C@@H]2[C@@H](OCC(COc3ccc(F)cc3)OC3CCCCO3)[C@H](OC3CCCCO3)C[C@@H]2O)cc1. The number of halogens is 1. The number of carbonyl (C=O) groups excluding carboxylic acids is 1. The van der Waals surface area contributed by atoms with Crippen LogP contribution in [0.1, 0.15) is 70.6 Å². The summed E-state index contributed by atoms with van der Waals surface area (Å²) in [6.07, 6.45) is 9.82. The van der Waals surface area contributed by atoms with Crippen LogP contribution < -0.4 is 14.2 Å². The number of carbonyl (C=O) groups is 1. The minimum absolute atomic E-state index is 0.184. The predicted octanol–water partition coefficient (Wildman–Crippen LogP) is 6.52. The van der Waals surface area contributed by atoms with Crippen molar-refractivity contribution in [3.8, 4) is 17.2 Å². The molecule has 5 rings (SSSR count). The van der Waals surface area contributed by atoms with Gasteiger partial charge in [0.05, 0.1) is 32.0 Å². The monoisotopic (exact) mass is 686 g/mol. The van der Waals surface area contributed by atoms with E-state index in [9.17, 15) is 14.3 Å². The fourth-order valence-electron chi connectivity index (χ4n) is 6.37. The zero-order valence-electron chi connectivity index (χ0n) is 28.4. The summed E-state index contributed by atoms with van der Waals surface area (Å²) in [5, 5.41) is 11.2. The summed E-state index contributed by atoms with van der Waals surface area (Å²) < 4.78 is 60.9. The number of allylic oxidation sites excluding steroid dienone is 2. The first-order valence-electron chi connectivity index (χ1n) is 17.7. The molecule has 0 bridgehead atoms. The Kier molecular flexibility index (Phi) is 15.2. The lowest BCUT2D eigenvalue weighted by Crippen LogP contribution is -2.40. The molecule has 2 aromatic carbocycles. The van der Waals surface area contributed by atoms with E-state index < -0.39 is 18.3 Å². The molecule has 11 heteroatoms. The molecule has 0 aromatic heterocycles. The second-order valence-corrected chi connectivity index (χ2v) is 12.8. The van der Waals surface area contributed by atoms with Crippen LogP contribution in [0.2, 0.25) is 0 Å². The lowest BCUT2D eigenvalue weighted by molar-refractivity contribution is -0.226. The molecular weight excluding hydrogens is 635 g/mol. The number of ether oxygens (including phenoxy) is 8. The Balaban J connectivity index is 1.16. The molecule has 3 unspecified atom stereocenters. The smallest absolute Gasteiger partial charge is 0.311 e. The Hall–Kier alpha value is -3.06. The first-order valence-corrected chi connectivity index (χ1v) is 17.7. The Bertz CT molecular complexity index is 1260. The summed E-state index contributed by atoms with van der Waals surface area (Å²) in [5.41, 5.74) is 0. The number of benzene rings is 2. The Labute approximate surface area is 288 Å². The van der Waals surface area contributed by atoms with E-state index in [2.05, 4.69) is 0 Å². The van der Waals surface area contributed by atoms with E-state index >= 15 is 0 Å². The van der Waals surface area contributed by atoms with Gasteiger partial charge in [0.25, 0.3) is 0 Å². The number of methoxy groups -OCH3 is 1. The van der Waals surface area contributed by atoms with Gasteiger partial charge in [-0.05, 0) is 106 Å². The topological polar surface area (TPSA) is 111 Å². The van der Waals surface area contributed by atoms with E-state index in [-0.39, 0.29) is 56.0 Å². The minimum Gasteiger partial charge on any atom is -0.497 e. The highest BCUT2D eigenvalue weighted by Crippen LogP contribution is 2.36. The van der Waals surface area contributed by atoms with Gasteiger partial charge < -0.3 is 43.0 Å². The number of hydrogen-bond donors (Lipinski definition) is 1. The summed E-state index contributed by atoms with van der Waals surface area (Å²) in [5.74, 6) is 0.876. The fourth-order valence-corrected chi connectivity index (χ4v) is 6.37. The Morgan fingerprint density at radius 3 is 2.31 bits per heavy atom. The Morgan fingerprint density at radius 2 is 1.61 bits per heavy atom. The molecule has 2 saturated heterocycles. The van der Waals surface area contributed by atoms with Gasteiger partial charge in [0, 0.05) is 32.0 Å². The first-order chi connectivity index (χ1) is 24.0. The number of rotatable bonds is 18. The van der Waals surface area contributed by atoms with Crippen LogP contribution in [0.15, 0.2) is 60.7 Å². The van der Waals surface area contributed by atoms with Gasteiger partial charge in [0.1, 0.15) is 35.8 Å². The van der Waals surface area contributed by atoms with E-state index in [0.29, 0.717) is 56.1 Å². The summed E-state index contributed by atoms with van der Waals surface area (Å²) >= 11 is 0. The highest BCUT2D eigenvalue weighted by molar-refractivity contribution is 5.72. The average Bonchev–Trinajstić information content (AvgIpc) is 3.41. The molecule has 1 saturated carbocycles. The summed E-state index contributed by atoms with van der Waals surface area (Å²) in [6.45, 7) is 1.68. The van der Waals surface area contributed by atoms with Crippen molar-refractivity contribution in [2.45, 2.75) is 108 Å². The van der Waals surface area contributed by atoms with Crippen molar-refractivity contribution in [1.82, 2.24) is 0 Å². The van der Waals surface area contributed by atoms with E-state index in [0.717, 1.165) is 38.5 Å². The largest absolute Gasteiger partial charge is 0.497 e. The van der Waals surface area contributed by atoms with Crippen molar-refractivity contribution in [2.75, 3.05) is 33.5 Å². The third kappa shape index (κ3) is 12.3. The molecular formula is C38H51FO10. The van der Waals surface area contributed by atoms with Crippen molar-refractivity contribution in [1.29, 1.82) is 0 Å². The first kappa shape index (κ1) is 37.2. The maximum Gasteiger partial charge on any atom is 0.311 e. The van der Waals surface area contributed by atoms with E-state index in [1.165, 1.54) is 12.1 Å². The molecule has 10 nitrogen and oxygen atoms in total. The van der Waals surface area contributed by atoms with Crippen molar-refractivity contribution < 1.29 is 52.2 Å². The van der Waals surface area contributed by atoms with Gasteiger partial charge in [-0.25, -0.2) is 4.39 Å². The standard InChI is InChI=1S/C38H51FO10/c1-42-28-18-20-30(21-19-28)47-35(41)11-5-3-2-4-10-32-33(40)24-34(49-37-13-7-9-23-44-37)38(32)46-26-31(48-36-12-6-8-22-43-36)25-45-29-16-14-27(39)15-17-29/h2,4,14-21,31-34,36-38,40H,3,5-13,22-26H2,1H3/t31?,32-,33-,34+,36?,37?,38+/m0/s1.